The van der Waals surface area contributed by atoms with Gasteiger partial charge in [0.05, 0.1) is 14.2 Å². The minimum Gasteiger partial charge on any atom is -0.493 e. The number of unbranched alkanes of at least 4 members (excludes halogenated alkanes) is 4. The molecule has 0 aromatic heterocycles. The molecule has 0 bridgehead atoms. The normalized spacial score (nSPS) is 10.6. The second-order valence-electron chi connectivity index (χ2n) is 4.67. The molecule has 0 aliphatic carbocycles. The number of nitrogens with zero attached hydrogens (tertiary/aromatic N) is 1. The lowest BCUT2D eigenvalue weighted by molar-refractivity contribution is 0.0954. The molecule has 1 amide bonds. The Morgan fingerprint density at radius 2 is 1.95 bits per heavy atom. The summed E-state index contributed by atoms with van der Waals surface area (Å²) in [5.74, 6) is 0.850. The molecule has 1 aromatic rings. The van der Waals surface area contributed by atoms with Crippen molar-refractivity contribution in [1.29, 1.82) is 0 Å². The predicted octanol–water partition coefficient (Wildman–Crippen LogP) is 3.39. The van der Waals surface area contributed by atoms with E-state index < -0.39 is 0 Å². The van der Waals surface area contributed by atoms with Gasteiger partial charge < -0.3 is 9.47 Å². The zero-order chi connectivity index (χ0) is 15.5. The maximum Gasteiger partial charge on any atom is 0.271 e. The van der Waals surface area contributed by atoms with Gasteiger partial charge in [0.1, 0.15) is 0 Å². The van der Waals surface area contributed by atoms with E-state index in [0.29, 0.717) is 17.1 Å². The van der Waals surface area contributed by atoms with Crippen LogP contribution >= 0.6 is 0 Å². The lowest BCUT2D eigenvalue weighted by Crippen LogP contribution is -2.17. The molecule has 1 rings (SSSR count). The van der Waals surface area contributed by atoms with Crippen molar-refractivity contribution >= 4 is 12.1 Å². The second-order valence-corrected chi connectivity index (χ2v) is 4.67. The van der Waals surface area contributed by atoms with E-state index in [4.69, 9.17) is 9.47 Å². The van der Waals surface area contributed by atoms with Gasteiger partial charge in [-0.2, -0.15) is 5.10 Å². The predicted molar refractivity (Wildman–Crippen MR) is 84.3 cm³/mol. The van der Waals surface area contributed by atoms with Crippen LogP contribution in [0.2, 0.25) is 0 Å². The summed E-state index contributed by atoms with van der Waals surface area (Å²) in [6.07, 6.45) is 7.38. The fourth-order valence-corrected chi connectivity index (χ4v) is 1.87. The van der Waals surface area contributed by atoms with Crippen molar-refractivity contribution in [2.75, 3.05) is 14.2 Å². The van der Waals surface area contributed by atoms with Crippen LogP contribution in [-0.4, -0.2) is 26.3 Å². The number of hydrazone groups is 1. The standard InChI is InChI=1S/C16H24N2O3/c1-4-5-6-7-8-11-17-18-16(19)13-9-10-14(20-2)15(12-13)21-3/h9-12H,4-8H2,1-3H3,(H,18,19)/b17-11+. The Kier molecular flexibility index (Phi) is 7.94. The highest BCUT2D eigenvalue weighted by atomic mass is 16.5. The Balaban J connectivity index is 2.46. The average molecular weight is 292 g/mol. The average Bonchev–Trinajstić information content (AvgIpc) is 2.53. The first-order chi connectivity index (χ1) is 10.2. The highest BCUT2D eigenvalue weighted by molar-refractivity contribution is 5.95. The molecule has 0 heterocycles. The van der Waals surface area contributed by atoms with Crippen molar-refractivity contribution in [3.8, 4) is 11.5 Å². The Morgan fingerprint density at radius 1 is 1.19 bits per heavy atom. The molecule has 0 radical (unpaired) electrons. The SMILES string of the molecule is CCCCCC/C=N/NC(=O)c1ccc(OC)c(OC)c1. The van der Waals surface area contributed by atoms with Crippen LogP contribution in [0.15, 0.2) is 23.3 Å². The molecule has 1 aromatic carbocycles. The van der Waals surface area contributed by atoms with Crippen LogP contribution in [0, 0.1) is 0 Å². The summed E-state index contributed by atoms with van der Waals surface area (Å²) in [5.41, 5.74) is 2.99. The molecule has 5 heteroatoms. The molecule has 0 aliphatic heterocycles. The van der Waals surface area contributed by atoms with Crippen molar-refractivity contribution in [2.45, 2.75) is 39.0 Å². The zero-order valence-corrected chi connectivity index (χ0v) is 13.0. The molecule has 0 aliphatic rings. The Morgan fingerprint density at radius 3 is 2.62 bits per heavy atom. The van der Waals surface area contributed by atoms with Crippen LogP contribution in [0.25, 0.3) is 0 Å². The maximum atomic E-state index is 11.9. The first-order valence-corrected chi connectivity index (χ1v) is 7.26. The molecule has 0 atom stereocenters. The molecular weight excluding hydrogens is 268 g/mol. The van der Waals surface area contributed by atoms with Gasteiger partial charge >= 0.3 is 0 Å². The number of hydrogen-bond donors (Lipinski definition) is 1. The monoisotopic (exact) mass is 292 g/mol. The number of nitrogens with one attached hydrogen (secondary N) is 1. The van der Waals surface area contributed by atoms with E-state index in [1.165, 1.54) is 26.4 Å². The Bertz CT molecular complexity index is 473. The van der Waals surface area contributed by atoms with Gasteiger partial charge in [-0.15, -0.1) is 0 Å². The van der Waals surface area contributed by atoms with Gasteiger partial charge in [0.15, 0.2) is 11.5 Å². The fraction of sp³-hybridized carbons (Fsp3) is 0.500. The van der Waals surface area contributed by atoms with Crippen LogP contribution in [0.5, 0.6) is 11.5 Å². The van der Waals surface area contributed by atoms with Crippen molar-refractivity contribution in [3.63, 3.8) is 0 Å². The van der Waals surface area contributed by atoms with E-state index in [-0.39, 0.29) is 5.91 Å². The number of amides is 1. The molecule has 0 spiro atoms. The van der Waals surface area contributed by atoms with Gasteiger partial charge in [0.2, 0.25) is 0 Å². The first-order valence-electron chi connectivity index (χ1n) is 7.26. The third kappa shape index (κ3) is 5.85. The zero-order valence-electron chi connectivity index (χ0n) is 13.0. The van der Waals surface area contributed by atoms with E-state index in [0.717, 1.165) is 12.8 Å². The smallest absolute Gasteiger partial charge is 0.271 e. The van der Waals surface area contributed by atoms with Crippen LogP contribution < -0.4 is 14.9 Å². The molecule has 21 heavy (non-hydrogen) atoms. The highest BCUT2D eigenvalue weighted by Gasteiger charge is 2.09. The summed E-state index contributed by atoms with van der Waals surface area (Å²) in [5, 5.41) is 3.95. The van der Waals surface area contributed by atoms with Crippen LogP contribution in [0.4, 0.5) is 0 Å². The number of carbonyl (C=O) groups is 1. The lowest BCUT2D eigenvalue weighted by atomic mass is 10.2. The summed E-state index contributed by atoms with van der Waals surface area (Å²) in [6.45, 7) is 2.18. The summed E-state index contributed by atoms with van der Waals surface area (Å²) in [6, 6.07) is 5.00. The molecule has 5 nitrogen and oxygen atoms in total. The van der Waals surface area contributed by atoms with Gasteiger partial charge in [-0.05, 0) is 31.0 Å². The van der Waals surface area contributed by atoms with Gasteiger partial charge in [0.25, 0.3) is 5.91 Å². The topological polar surface area (TPSA) is 59.9 Å². The van der Waals surface area contributed by atoms with E-state index in [2.05, 4.69) is 17.5 Å². The van der Waals surface area contributed by atoms with Gasteiger partial charge in [-0.25, -0.2) is 5.43 Å². The molecule has 0 unspecified atom stereocenters. The molecule has 0 fully saturated rings. The number of rotatable bonds is 9. The van der Waals surface area contributed by atoms with E-state index in [9.17, 15) is 4.79 Å². The van der Waals surface area contributed by atoms with Gasteiger partial charge in [-0.3, -0.25) is 4.79 Å². The molecule has 0 saturated carbocycles. The molecule has 116 valence electrons. The van der Waals surface area contributed by atoms with Crippen LogP contribution in [0.1, 0.15) is 49.4 Å². The highest BCUT2D eigenvalue weighted by Crippen LogP contribution is 2.27. The summed E-state index contributed by atoms with van der Waals surface area (Å²) in [4.78, 5) is 11.9. The number of methoxy groups -OCH3 is 2. The Labute approximate surface area is 126 Å². The maximum absolute atomic E-state index is 11.9. The van der Waals surface area contributed by atoms with E-state index in [1.54, 1.807) is 31.5 Å². The van der Waals surface area contributed by atoms with Crippen molar-refractivity contribution in [2.24, 2.45) is 5.10 Å². The Hall–Kier alpha value is -2.04. The quantitative estimate of drug-likeness (QED) is 0.431. The minimum absolute atomic E-state index is 0.263. The minimum atomic E-state index is -0.263. The van der Waals surface area contributed by atoms with E-state index >= 15 is 0 Å². The largest absolute Gasteiger partial charge is 0.493 e. The van der Waals surface area contributed by atoms with Crippen molar-refractivity contribution in [3.05, 3.63) is 23.8 Å². The van der Waals surface area contributed by atoms with E-state index in [1.807, 2.05) is 0 Å². The van der Waals surface area contributed by atoms with Crippen LogP contribution in [0.3, 0.4) is 0 Å². The molecular formula is C16H24N2O3. The number of hydrogen-bond acceptors (Lipinski definition) is 4. The van der Waals surface area contributed by atoms with Crippen molar-refractivity contribution in [1.82, 2.24) is 5.43 Å². The van der Waals surface area contributed by atoms with Gasteiger partial charge in [0, 0.05) is 11.8 Å². The third-order valence-electron chi connectivity index (χ3n) is 3.09. The fourth-order valence-electron chi connectivity index (χ4n) is 1.87. The first kappa shape index (κ1) is 17.0. The van der Waals surface area contributed by atoms with Crippen molar-refractivity contribution < 1.29 is 14.3 Å². The number of carbonyl (C=O) groups excluding carboxylic acids is 1. The lowest BCUT2D eigenvalue weighted by Gasteiger charge is -2.08. The molecule has 0 saturated heterocycles. The van der Waals surface area contributed by atoms with Gasteiger partial charge in [-0.1, -0.05) is 26.2 Å². The number of benzene rings is 1. The summed E-state index contributed by atoms with van der Waals surface area (Å²) < 4.78 is 10.3. The third-order valence-corrected chi connectivity index (χ3v) is 3.09. The molecule has 1 N–H and O–H groups in total. The summed E-state index contributed by atoms with van der Waals surface area (Å²) in [7, 11) is 3.09. The number of ether oxygens (including phenoxy) is 2. The van der Waals surface area contributed by atoms with Crippen LogP contribution in [-0.2, 0) is 0 Å². The second kappa shape index (κ2) is 9.80. The summed E-state index contributed by atoms with van der Waals surface area (Å²) >= 11 is 0.